The van der Waals surface area contributed by atoms with Crippen molar-refractivity contribution in [3.05, 3.63) is 54.4 Å². The number of anilines is 1. The summed E-state index contributed by atoms with van der Waals surface area (Å²) in [6.45, 7) is 11.4. The summed E-state index contributed by atoms with van der Waals surface area (Å²) < 4.78 is 11.3. The number of benzene rings is 1. The van der Waals surface area contributed by atoms with Crippen LogP contribution in [0.1, 0.15) is 40.3 Å². The van der Waals surface area contributed by atoms with Crippen LogP contribution in [0.4, 0.5) is 10.6 Å². The van der Waals surface area contributed by atoms with Gasteiger partial charge in [0, 0.05) is 36.8 Å². The Balaban J connectivity index is 1.26. The van der Waals surface area contributed by atoms with Crippen LogP contribution < -0.4 is 10.2 Å². The van der Waals surface area contributed by atoms with Crippen molar-refractivity contribution in [3.8, 4) is 11.3 Å². The number of nitrogens with zero attached hydrogens (tertiary/aromatic N) is 4. The maximum absolute atomic E-state index is 12.9. The Kier molecular flexibility index (Phi) is 8.15. The van der Waals surface area contributed by atoms with Crippen LogP contribution in [0.15, 0.2) is 48.7 Å². The van der Waals surface area contributed by atoms with E-state index in [0.717, 1.165) is 40.9 Å². The molecule has 1 aromatic carbocycles. The Hall–Kier alpha value is -3.76. The van der Waals surface area contributed by atoms with Crippen LogP contribution in [-0.4, -0.2) is 88.1 Å². The van der Waals surface area contributed by atoms with Crippen LogP contribution in [0.2, 0.25) is 0 Å². The molecular weight excluding hydrogens is 522 g/mol. The number of fused-ring (bicyclic) bond motifs is 1. The number of amides is 2. The van der Waals surface area contributed by atoms with E-state index in [1.165, 1.54) is 4.90 Å². The summed E-state index contributed by atoms with van der Waals surface area (Å²) in [5.74, 6) is 0.655. The molecule has 0 unspecified atom stereocenters. The van der Waals surface area contributed by atoms with Crippen LogP contribution in [0.25, 0.3) is 22.0 Å². The number of β-amino-alcohol motifs (C(OH)–C–C–N with tert-alkyl or cyclic N) is 1. The lowest BCUT2D eigenvalue weighted by Gasteiger charge is -2.36. The summed E-state index contributed by atoms with van der Waals surface area (Å²) in [5.41, 5.74) is 1.83. The monoisotopic (exact) mass is 561 g/mol. The number of carbonyl (C=O) groups is 2. The van der Waals surface area contributed by atoms with E-state index in [1.807, 2.05) is 36.4 Å². The summed E-state index contributed by atoms with van der Waals surface area (Å²) in [7, 11) is 0. The molecule has 0 radical (unpaired) electrons. The highest BCUT2D eigenvalue weighted by Crippen LogP contribution is 2.27. The molecule has 10 nitrogen and oxygen atoms in total. The van der Waals surface area contributed by atoms with Gasteiger partial charge in [0.15, 0.2) is 0 Å². The van der Waals surface area contributed by atoms with Gasteiger partial charge in [0.25, 0.3) is 0 Å². The van der Waals surface area contributed by atoms with Gasteiger partial charge in [-0.3, -0.25) is 9.78 Å². The number of aliphatic hydroxyl groups excluding tert-OH is 1. The molecule has 4 atom stereocenters. The molecule has 10 heteroatoms. The molecule has 4 heterocycles. The number of morpholine rings is 1. The highest BCUT2D eigenvalue weighted by Gasteiger charge is 2.37. The van der Waals surface area contributed by atoms with Gasteiger partial charge in [-0.25, -0.2) is 9.78 Å². The maximum atomic E-state index is 12.9. The third-order valence-electron chi connectivity index (χ3n) is 7.18. The zero-order chi connectivity index (χ0) is 29.3. The molecule has 2 aliphatic heterocycles. The van der Waals surface area contributed by atoms with Crippen LogP contribution in [0, 0.1) is 0 Å². The summed E-state index contributed by atoms with van der Waals surface area (Å²) in [5, 5.41) is 15.2. The molecule has 0 bridgehead atoms. The number of aromatic nitrogens is 2. The molecule has 2 N–H and O–H groups in total. The number of carbonyl (C=O) groups excluding carboxylic acids is 2. The second kappa shape index (κ2) is 11.6. The Labute approximate surface area is 240 Å². The number of rotatable bonds is 5. The topological polar surface area (TPSA) is 117 Å². The van der Waals surface area contributed by atoms with Gasteiger partial charge in [0.2, 0.25) is 5.91 Å². The number of hydrogen-bond acceptors (Lipinski definition) is 8. The molecule has 2 fully saturated rings. The number of nitrogens with one attached hydrogen (secondary N) is 1. The first-order valence-electron chi connectivity index (χ1n) is 14.2. The third-order valence-corrected chi connectivity index (χ3v) is 7.18. The molecule has 0 spiro atoms. The van der Waals surface area contributed by atoms with Crippen molar-refractivity contribution < 1.29 is 24.2 Å². The maximum Gasteiger partial charge on any atom is 0.410 e. The molecular formula is C31H39N5O5. The zero-order valence-electron chi connectivity index (χ0n) is 24.3. The lowest BCUT2D eigenvalue weighted by molar-refractivity contribution is -0.121. The van der Waals surface area contributed by atoms with Crippen LogP contribution in [-0.2, 0) is 20.7 Å². The van der Waals surface area contributed by atoms with Crippen LogP contribution in [0.3, 0.4) is 0 Å². The van der Waals surface area contributed by atoms with Crippen molar-refractivity contribution in [3.63, 3.8) is 0 Å². The predicted molar refractivity (Wildman–Crippen MR) is 157 cm³/mol. The number of pyridine rings is 2. The van der Waals surface area contributed by atoms with Crippen LogP contribution in [0.5, 0.6) is 0 Å². The van der Waals surface area contributed by atoms with E-state index in [2.05, 4.69) is 35.1 Å². The van der Waals surface area contributed by atoms with Gasteiger partial charge >= 0.3 is 6.09 Å². The average molecular weight is 562 g/mol. The minimum Gasteiger partial charge on any atom is -0.444 e. The van der Waals surface area contributed by atoms with E-state index in [1.54, 1.807) is 27.0 Å². The second-order valence-corrected chi connectivity index (χ2v) is 12.1. The van der Waals surface area contributed by atoms with Gasteiger partial charge in [-0.1, -0.05) is 18.2 Å². The minimum absolute atomic E-state index is 0.0525. The first kappa shape index (κ1) is 28.8. The Morgan fingerprint density at radius 2 is 1.80 bits per heavy atom. The highest BCUT2D eigenvalue weighted by atomic mass is 16.6. The third kappa shape index (κ3) is 7.12. The second-order valence-electron chi connectivity index (χ2n) is 12.1. The van der Waals surface area contributed by atoms with E-state index in [0.29, 0.717) is 5.69 Å². The van der Waals surface area contributed by atoms with Crippen molar-refractivity contribution in [2.45, 2.75) is 71.0 Å². The van der Waals surface area contributed by atoms with Crippen molar-refractivity contribution in [1.29, 1.82) is 0 Å². The van der Waals surface area contributed by atoms with Gasteiger partial charge in [0.05, 0.1) is 48.7 Å². The number of ether oxygens (including phenoxy) is 2. The van der Waals surface area contributed by atoms with Crippen molar-refractivity contribution in [2.75, 3.05) is 31.1 Å². The summed E-state index contributed by atoms with van der Waals surface area (Å²) in [6.07, 6.45) is 0.732. The quantitative estimate of drug-likeness (QED) is 0.486. The molecule has 2 aromatic heterocycles. The number of likely N-dealkylation sites (tertiary alicyclic amines) is 1. The Morgan fingerprint density at radius 1 is 1.05 bits per heavy atom. The van der Waals surface area contributed by atoms with Gasteiger partial charge in [-0.15, -0.1) is 0 Å². The fourth-order valence-corrected chi connectivity index (χ4v) is 5.39. The first-order valence-corrected chi connectivity index (χ1v) is 14.2. The molecule has 3 aromatic rings. The van der Waals surface area contributed by atoms with E-state index in [-0.39, 0.29) is 37.6 Å². The van der Waals surface area contributed by atoms with Crippen molar-refractivity contribution >= 4 is 28.6 Å². The molecule has 2 aliphatic rings. The predicted octanol–water partition coefficient (Wildman–Crippen LogP) is 3.55. The summed E-state index contributed by atoms with van der Waals surface area (Å²) in [4.78, 5) is 38.3. The molecule has 0 saturated carbocycles. The highest BCUT2D eigenvalue weighted by molar-refractivity contribution is 5.88. The van der Waals surface area contributed by atoms with E-state index < -0.39 is 23.8 Å². The fourth-order valence-electron chi connectivity index (χ4n) is 5.39. The molecule has 5 rings (SSSR count). The minimum atomic E-state index is -0.870. The summed E-state index contributed by atoms with van der Waals surface area (Å²) in [6, 6.07) is 13.5. The Bertz CT molecular complexity index is 1410. The average Bonchev–Trinajstić information content (AvgIpc) is 3.27. The normalized spacial score (nSPS) is 23.1. The number of hydrogen-bond donors (Lipinski definition) is 2. The van der Waals surface area contributed by atoms with Gasteiger partial charge in [-0.2, -0.15) is 0 Å². The van der Waals surface area contributed by atoms with Crippen LogP contribution >= 0.6 is 0 Å². The van der Waals surface area contributed by atoms with Crippen molar-refractivity contribution in [1.82, 2.24) is 20.2 Å². The lowest BCUT2D eigenvalue weighted by Crippen LogP contribution is -2.45. The van der Waals surface area contributed by atoms with Gasteiger partial charge in [-0.05, 0) is 64.3 Å². The summed E-state index contributed by atoms with van der Waals surface area (Å²) >= 11 is 0. The lowest BCUT2D eigenvalue weighted by atomic mass is 10.0. The molecule has 41 heavy (non-hydrogen) atoms. The zero-order valence-corrected chi connectivity index (χ0v) is 24.3. The van der Waals surface area contributed by atoms with Crippen molar-refractivity contribution in [2.24, 2.45) is 0 Å². The molecule has 2 amide bonds. The largest absolute Gasteiger partial charge is 0.444 e. The first-order chi connectivity index (χ1) is 19.4. The molecule has 0 aliphatic carbocycles. The van der Waals surface area contributed by atoms with Gasteiger partial charge < -0.3 is 29.7 Å². The SMILES string of the molecule is C[C@@H]1CN(c2cccc(-c3ccc4cnc(CC(=O)N[C@H]5CN(C(=O)OC(C)(C)C)C[C@@H]5O)cc4c3)n2)C[C@H](C)O1. The van der Waals surface area contributed by atoms with E-state index in [4.69, 9.17) is 14.5 Å². The standard InChI is InChI=1S/C31H39N5O5/c1-19-15-35(16-20(2)40-19)28-8-6-7-25(33-28)21-9-10-22-14-32-24(12-23(22)11-21)13-29(38)34-26-17-36(18-27(26)37)30(39)41-31(3,4)5/h6-12,14,19-20,26-27,37H,13,15-18H2,1-5H3,(H,34,38)/t19-,20+,26-,27-/m0/s1. The Morgan fingerprint density at radius 3 is 2.54 bits per heavy atom. The number of aliphatic hydroxyl groups is 1. The molecule has 2 saturated heterocycles. The molecule has 218 valence electrons. The van der Waals surface area contributed by atoms with Gasteiger partial charge in [0.1, 0.15) is 11.4 Å². The van der Waals surface area contributed by atoms with E-state index >= 15 is 0 Å². The van der Waals surface area contributed by atoms with E-state index in [9.17, 15) is 14.7 Å². The fraction of sp³-hybridized carbons (Fsp3) is 0.484. The smallest absolute Gasteiger partial charge is 0.410 e.